The van der Waals surface area contributed by atoms with Crippen molar-refractivity contribution in [1.82, 2.24) is 46.7 Å². The average molecular weight is 572 g/mol. The number of hydrogen-bond acceptors (Lipinski definition) is 10. The molecule has 1 saturated heterocycles. The molecule has 1 amide bonds. The second kappa shape index (κ2) is 9.54. The second-order valence-corrected chi connectivity index (χ2v) is 10.4. The van der Waals surface area contributed by atoms with Crippen molar-refractivity contribution in [1.29, 1.82) is 0 Å². The number of hydrazine groups is 3. The average Bonchev–Trinajstić information content (AvgIpc) is 3.68. The van der Waals surface area contributed by atoms with Gasteiger partial charge in [0.2, 0.25) is 5.91 Å². The standard InChI is InChI=1S/C27H23ClFN11O/c1-27(19-8-4-7-17(31-19)23-35-38-39-36-23)20-22(30)32-25(33-24(20)34-26(27)41)21-15-10-9-14(28)11-18(15)40(37-21)12-13-5-2-3-6-16(13)29/h2-11,23,35-36,38-39H,12H2,1H3,(H3,30,32,33,34,41). The van der Waals surface area contributed by atoms with Gasteiger partial charge in [0.05, 0.1) is 29.0 Å². The Balaban J connectivity index is 1.33. The minimum Gasteiger partial charge on any atom is -0.383 e. The lowest BCUT2D eigenvalue weighted by Gasteiger charge is -2.23. The molecule has 3 aromatic heterocycles. The SMILES string of the molecule is CC1(c2cccc(C3NNNN3)n2)C(=O)Nc2nc(-c3nn(Cc4ccccc4F)c4cc(Cl)ccc34)nc(N)c21. The molecule has 2 aromatic carbocycles. The Bertz CT molecular complexity index is 1860. The van der Waals surface area contributed by atoms with Crippen LogP contribution < -0.4 is 33.0 Å². The lowest BCUT2D eigenvalue weighted by Crippen LogP contribution is -2.35. The van der Waals surface area contributed by atoms with Crippen molar-refractivity contribution >= 4 is 40.0 Å². The van der Waals surface area contributed by atoms with Gasteiger partial charge in [0.25, 0.3) is 0 Å². The predicted molar refractivity (Wildman–Crippen MR) is 150 cm³/mol. The van der Waals surface area contributed by atoms with Crippen molar-refractivity contribution in [3.63, 3.8) is 0 Å². The predicted octanol–water partition coefficient (Wildman–Crippen LogP) is 2.69. The number of pyridine rings is 1. The van der Waals surface area contributed by atoms with Crippen LogP contribution in [0.1, 0.15) is 35.6 Å². The molecule has 14 heteroatoms. The van der Waals surface area contributed by atoms with E-state index in [0.29, 0.717) is 44.1 Å². The Hall–Kier alpha value is -4.53. The molecular formula is C27H23ClFN11O. The Morgan fingerprint density at radius 2 is 1.85 bits per heavy atom. The van der Waals surface area contributed by atoms with Gasteiger partial charge >= 0.3 is 0 Å². The molecule has 1 unspecified atom stereocenters. The summed E-state index contributed by atoms with van der Waals surface area (Å²) in [6.45, 7) is 1.91. The molecule has 0 aliphatic carbocycles. The van der Waals surface area contributed by atoms with Gasteiger partial charge in [0.1, 0.15) is 34.7 Å². The Morgan fingerprint density at radius 1 is 1.05 bits per heavy atom. The lowest BCUT2D eigenvalue weighted by atomic mass is 9.80. The summed E-state index contributed by atoms with van der Waals surface area (Å²) < 4.78 is 16.1. The number of benzene rings is 2. The first-order valence-corrected chi connectivity index (χ1v) is 13.1. The molecular weight excluding hydrogens is 549 g/mol. The normalized spacial score (nSPS) is 18.7. The number of aromatic nitrogens is 5. The molecule has 0 spiro atoms. The number of halogens is 2. The van der Waals surface area contributed by atoms with Gasteiger partial charge in [-0.15, -0.1) is 0 Å². The molecule has 2 aliphatic heterocycles. The van der Waals surface area contributed by atoms with E-state index in [1.54, 1.807) is 54.1 Å². The number of hydrogen-bond donors (Lipinski definition) is 6. The van der Waals surface area contributed by atoms with Crippen molar-refractivity contribution < 1.29 is 9.18 Å². The van der Waals surface area contributed by atoms with Gasteiger partial charge in [-0.25, -0.2) is 25.2 Å². The van der Waals surface area contributed by atoms with E-state index < -0.39 is 5.41 Å². The van der Waals surface area contributed by atoms with Crippen molar-refractivity contribution in [3.8, 4) is 11.5 Å². The Kier molecular flexibility index (Phi) is 5.92. The summed E-state index contributed by atoms with van der Waals surface area (Å²) in [5.74, 6) is -0.0728. The van der Waals surface area contributed by atoms with Crippen LogP contribution in [-0.2, 0) is 16.8 Å². The van der Waals surface area contributed by atoms with Crippen LogP contribution in [-0.4, -0.2) is 30.6 Å². The molecule has 0 bridgehead atoms. The number of nitrogen functional groups attached to an aromatic ring is 1. The third kappa shape index (κ3) is 4.10. The molecule has 1 fully saturated rings. The smallest absolute Gasteiger partial charge is 0.242 e. The summed E-state index contributed by atoms with van der Waals surface area (Å²) in [5.41, 5.74) is 19.9. The number of anilines is 2. The van der Waals surface area contributed by atoms with Gasteiger partial charge < -0.3 is 11.1 Å². The van der Waals surface area contributed by atoms with Crippen LogP contribution >= 0.6 is 11.6 Å². The molecule has 2 aliphatic rings. The summed E-state index contributed by atoms with van der Waals surface area (Å²) in [5, 5.41) is 8.80. The van der Waals surface area contributed by atoms with E-state index >= 15 is 0 Å². The minimum absolute atomic E-state index is 0.115. The van der Waals surface area contributed by atoms with E-state index in [1.165, 1.54) is 6.07 Å². The van der Waals surface area contributed by atoms with E-state index in [0.717, 1.165) is 0 Å². The third-order valence-corrected chi connectivity index (χ3v) is 7.64. The molecule has 41 heavy (non-hydrogen) atoms. The summed E-state index contributed by atoms with van der Waals surface area (Å²) in [6.07, 6.45) is -0.320. The van der Waals surface area contributed by atoms with Crippen molar-refractivity contribution in [2.75, 3.05) is 11.1 Å². The molecule has 206 valence electrons. The van der Waals surface area contributed by atoms with E-state index in [9.17, 15) is 9.18 Å². The van der Waals surface area contributed by atoms with Gasteiger partial charge in [-0.05, 0) is 43.3 Å². The molecule has 0 radical (unpaired) electrons. The minimum atomic E-state index is -1.24. The first kappa shape index (κ1) is 25.4. The number of amides is 1. The lowest BCUT2D eigenvalue weighted by molar-refractivity contribution is -0.119. The van der Waals surface area contributed by atoms with Crippen LogP contribution in [0.3, 0.4) is 0 Å². The zero-order valence-corrected chi connectivity index (χ0v) is 22.3. The number of nitrogens with one attached hydrogen (secondary N) is 5. The highest BCUT2D eigenvalue weighted by Crippen LogP contribution is 2.45. The second-order valence-electron chi connectivity index (χ2n) is 9.91. The number of carbonyl (C=O) groups excluding carboxylic acids is 1. The van der Waals surface area contributed by atoms with Crippen LogP contribution in [0.4, 0.5) is 16.0 Å². The highest BCUT2D eigenvalue weighted by atomic mass is 35.5. The molecule has 5 aromatic rings. The van der Waals surface area contributed by atoms with E-state index in [4.69, 9.17) is 27.4 Å². The fraction of sp³-hybridized carbons (Fsp3) is 0.148. The zero-order chi connectivity index (χ0) is 28.3. The fourth-order valence-electron chi connectivity index (χ4n) is 5.27. The van der Waals surface area contributed by atoms with Crippen LogP contribution in [0.5, 0.6) is 0 Å². The van der Waals surface area contributed by atoms with Crippen molar-refractivity contribution in [2.45, 2.75) is 25.0 Å². The van der Waals surface area contributed by atoms with Crippen LogP contribution in [0.2, 0.25) is 5.02 Å². The number of carbonyl (C=O) groups is 1. The van der Waals surface area contributed by atoms with Gasteiger partial charge in [-0.3, -0.25) is 14.5 Å². The maximum Gasteiger partial charge on any atom is 0.242 e. The number of nitrogens with zero attached hydrogens (tertiary/aromatic N) is 5. The number of nitrogens with two attached hydrogens (primary N) is 1. The summed E-state index contributed by atoms with van der Waals surface area (Å²) in [7, 11) is 0. The van der Waals surface area contributed by atoms with Crippen molar-refractivity contribution in [2.24, 2.45) is 0 Å². The molecule has 12 nitrogen and oxygen atoms in total. The van der Waals surface area contributed by atoms with E-state index in [2.05, 4.69) is 37.2 Å². The van der Waals surface area contributed by atoms with Gasteiger partial charge in [0, 0.05) is 16.0 Å². The molecule has 1 atom stereocenters. The molecule has 7 rings (SSSR count). The quantitative estimate of drug-likeness (QED) is 0.185. The molecule has 5 heterocycles. The van der Waals surface area contributed by atoms with Gasteiger partial charge in [-0.1, -0.05) is 35.9 Å². The Labute approximate surface area is 237 Å². The highest BCUT2D eigenvalue weighted by Gasteiger charge is 2.49. The maximum absolute atomic E-state index is 14.5. The Morgan fingerprint density at radius 3 is 2.66 bits per heavy atom. The summed E-state index contributed by atoms with van der Waals surface area (Å²) in [6, 6.07) is 17.2. The zero-order valence-electron chi connectivity index (χ0n) is 21.5. The van der Waals surface area contributed by atoms with Gasteiger partial charge in [-0.2, -0.15) is 16.2 Å². The summed E-state index contributed by atoms with van der Waals surface area (Å²) >= 11 is 6.31. The van der Waals surface area contributed by atoms with Crippen LogP contribution in [0, 0.1) is 5.82 Å². The number of rotatable bonds is 5. The summed E-state index contributed by atoms with van der Waals surface area (Å²) in [4.78, 5) is 27.5. The van der Waals surface area contributed by atoms with Crippen LogP contribution in [0.15, 0.2) is 60.7 Å². The van der Waals surface area contributed by atoms with Gasteiger partial charge in [0.15, 0.2) is 5.82 Å². The fourth-order valence-corrected chi connectivity index (χ4v) is 5.44. The largest absolute Gasteiger partial charge is 0.383 e. The molecule has 0 saturated carbocycles. The van der Waals surface area contributed by atoms with E-state index in [1.807, 2.05) is 12.1 Å². The highest BCUT2D eigenvalue weighted by molar-refractivity contribution is 6.31. The first-order chi connectivity index (χ1) is 19.8. The monoisotopic (exact) mass is 571 g/mol. The van der Waals surface area contributed by atoms with Crippen LogP contribution in [0.25, 0.3) is 22.4 Å². The first-order valence-electron chi connectivity index (χ1n) is 12.7. The van der Waals surface area contributed by atoms with E-state index in [-0.39, 0.29) is 41.9 Å². The molecule has 7 N–H and O–H groups in total. The topological polar surface area (TPSA) is 160 Å². The number of fused-ring (bicyclic) bond motifs is 2. The van der Waals surface area contributed by atoms with Crippen molar-refractivity contribution in [3.05, 3.63) is 94.0 Å². The third-order valence-electron chi connectivity index (χ3n) is 7.40. The maximum atomic E-state index is 14.5.